The maximum absolute atomic E-state index is 13.3. The molecule has 1 rings (SSSR count). The number of aryl methyl sites for hydroxylation is 1. The quantitative estimate of drug-likeness (QED) is 0.244. The SMILES string of the molecule is COCCCOc1cc(CCCCCCC(C(=O)N[C@@H](CO)C(N)=O)(C(C)C)C(C)C)ccc1OC. The number of ether oxygens (including phenoxy) is 3. The second-order valence-corrected chi connectivity index (χ2v) is 10.1. The van der Waals surface area contributed by atoms with Crippen LogP contribution in [0.3, 0.4) is 0 Å². The van der Waals surface area contributed by atoms with Crippen LogP contribution in [0.2, 0.25) is 0 Å². The smallest absolute Gasteiger partial charge is 0.242 e. The molecule has 0 aromatic heterocycles. The van der Waals surface area contributed by atoms with Crippen molar-refractivity contribution in [2.75, 3.05) is 34.0 Å². The third-order valence-electron chi connectivity index (χ3n) is 7.10. The summed E-state index contributed by atoms with van der Waals surface area (Å²) in [5.41, 5.74) is 5.90. The Morgan fingerprint density at radius 3 is 2.19 bits per heavy atom. The summed E-state index contributed by atoms with van der Waals surface area (Å²) in [6.07, 6.45) is 6.46. The highest BCUT2D eigenvalue weighted by Crippen LogP contribution is 2.41. The average Bonchev–Trinajstić information content (AvgIpc) is 2.84. The minimum atomic E-state index is -1.06. The van der Waals surface area contributed by atoms with Crippen molar-refractivity contribution in [3.63, 3.8) is 0 Å². The van der Waals surface area contributed by atoms with Crippen LogP contribution in [0.4, 0.5) is 0 Å². The van der Waals surface area contributed by atoms with E-state index in [1.807, 2.05) is 33.8 Å². The Morgan fingerprint density at radius 1 is 0.972 bits per heavy atom. The molecular formula is C28H48N2O6. The summed E-state index contributed by atoms with van der Waals surface area (Å²) in [6.45, 7) is 8.89. The van der Waals surface area contributed by atoms with E-state index in [0.717, 1.165) is 50.0 Å². The zero-order valence-corrected chi connectivity index (χ0v) is 23.1. The number of nitrogens with one attached hydrogen (secondary N) is 1. The molecule has 0 bridgehead atoms. The van der Waals surface area contributed by atoms with Crippen molar-refractivity contribution < 1.29 is 28.9 Å². The van der Waals surface area contributed by atoms with E-state index in [-0.39, 0.29) is 17.7 Å². The van der Waals surface area contributed by atoms with Gasteiger partial charge in [-0.25, -0.2) is 0 Å². The third kappa shape index (κ3) is 9.28. The van der Waals surface area contributed by atoms with E-state index in [0.29, 0.717) is 19.6 Å². The van der Waals surface area contributed by atoms with Gasteiger partial charge in [0.05, 0.1) is 25.7 Å². The summed E-state index contributed by atoms with van der Waals surface area (Å²) in [4.78, 5) is 24.8. The minimum Gasteiger partial charge on any atom is -0.493 e. The zero-order valence-electron chi connectivity index (χ0n) is 23.1. The van der Waals surface area contributed by atoms with Gasteiger partial charge < -0.3 is 30.4 Å². The number of amides is 2. The number of hydrogen-bond donors (Lipinski definition) is 3. The van der Waals surface area contributed by atoms with Crippen molar-refractivity contribution >= 4 is 11.8 Å². The number of methoxy groups -OCH3 is 2. The maximum atomic E-state index is 13.3. The lowest BCUT2D eigenvalue weighted by Gasteiger charge is -2.40. The first-order valence-electron chi connectivity index (χ1n) is 13.1. The molecule has 2 amide bonds. The van der Waals surface area contributed by atoms with Crippen LogP contribution in [-0.2, 0) is 20.7 Å². The van der Waals surface area contributed by atoms with Crippen LogP contribution in [0.25, 0.3) is 0 Å². The number of benzene rings is 1. The standard InChI is InChI=1S/C28H48N2O6/c1-20(2)28(21(3)4,27(33)30-23(19-31)26(29)32)15-10-8-7-9-12-22-13-14-24(35-6)25(18-22)36-17-11-16-34-5/h13-14,18,20-21,23,31H,7-12,15-17,19H2,1-6H3,(H2,29,32)(H,30,33)/t23-/m0/s1. The van der Waals surface area contributed by atoms with Crippen molar-refractivity contribution in [3.8, 4) is 11.5 Å². The number of primary amides is 1. The van der Waals surface area contributed by atoms with Gasteiger partial charge in [-0.05, 0) is 48.8 Å². The van der Waals surface area contributed by atoms with Gasteiger partial charge >= 0.3 is 0 Å². The van der Waals surface area contributed by atoms with Gasteiger partial charge in [0.1, 0.15) is 6.04 Å². The first-order chi connectivity index (χ1) is 17.1. The van der Waals surface area contributed by atoms with Gasteiger partial charge in [-0.3, -0.25) is 9.59 Å². The van der Waals surface area contributed by atoms with Crippen LogP contribution < -0.4 is 20.5 Å². The predicted molar refractivity (Wildman–Crippen MR) is 142 cm³/mol. The Labute approximate surface area is 217 Å². The lowest BCUT2D eigenvalue weighted by Crippen LogP contribution is -2.55. The molecule has 1 aromatic rings. The molecule has 0 fully saturated rings. The highest BCUT2D eigenvalue weighted by molar-refractivity contribution is 5.89. The Kier molecular flexibility index (Phi) is 14.5. The van der Waals surface area contributed by atoms with E-state index in [4.69, 9.17) is 19.9 Å². The molecule has 0 spiro atoms. The van der Waals surface area contributed by atoms with Crippen LogP contribution in [0.1, 0.15) is 71.8 Å². The largest absolute Gasteiger partial charge is 0.493 e. The molecule has 8 nitrogen and oxygen atoms in total. The van der Waals surface area contributed by atoms with E-state index in [1.165, 1.54) is 5.56 Å². The number of rotatable bonds is 19. The molecule has 0 saturated heterocycles. The van der Waals surface area contributed by atoms with Crippen molar-refractivity contribution in [2.24, 2.45) is 23.0 Å². The molecule has 1 atom stereocenters. The van der Waals surface area contributed by atoms with Crippen LogP contribution in [-0.4, -0.2) is 57.0 Å². The Bertz CT molecular complexity index is 788. The van der Waals surface area contributed by atoms with Gasteiger partial charge in [-0.1, -0.05) is 53.0 Å². The Morgan fingerprint density at radius 2 is 1.64 bits per heavy atom. The van der Waals surface area contributed by atoms with Gasteiger partial charge in [0.15, 0.2) is 11.5 Å². The fourth-order valence-corrected chi connectivity index (χ4v) is 4.86. The van der Waals surface area contributed by atoms with Gasteiger partial charge in [-0.2, -0.15) is 0 Å². The van der Waals surface area contributed by atoms with E-state index in [1.54, 1.807) is 14.2 Å². The molecule has 0 radical (unpaired) electrons. The summed E-state index contributed by atoms with van der Waals surface area (Å²) >= 11 is 0. The Balaban J connectivity index is 2.65. The summed E-state index contributed by atoms with van der Waals surface area (Å²) < 4.78 is 16.4. The molecule has 0 aliphatic carbocycles. The zero-order chi connectivity index (χ0) is 27.1. The van der Waals surface area contributed by atoms with E-state index in [2.05, 4.69) is 17.4 Å². The van der Waals surface area contributed by atoms with Gasteiger partial charge in [-0.15, -0.1) is 0 Å². The lowest BCUT2D eigenvalue weighted by molar-refractivity contribution is -0.141. The first-order valence-corrected chi connectivity index (χ1v) is 13.1. The molecule has 8 heteroatoms. The predicted octanol–water partition coefficient (Wildman–Crippen LogP) is 3.86. The lowest BCUT2D eigenvalue weighted by atomic mass is 9.65. The van der Waals surface area contributed by atoms with Crippen molar-refractivity contribution in [3.05, 3.63) is 23.8 Å². The minimum absolute atomic E-state index is 0.0753. The third-order valence-corrected chi connectivity index (χ3v) is 7.10. The fourth-order valence-electron chi connectivity index (χ4n) is 4.86. The summed E-state index contributed by atoms with van der Waals surface area (Å²) in [6, 6.07) is 5.01. The van der Waals surface area contributed by atoms with Crippen LogP contribution >= 0.6 is 0 Å². The van der Waals surface area contributed by atoms with Crippen molar-refractivity contribution in [2.45, 2.75) is 78.7 Å². The van der Waals surface area contributed by atoms with Crippen molar-refractivity contribution in [1.29, 1.82) is 0 Å². The number of carbonyl (C=O) groups excluding carboxylic acids is 2. The molecular weight excluding hydrogens is 460 g/mol. The molecule has 0 unspecified atom stereocenters. The monoisotopic (exact) mass is 508 g/mol. The molecule has 0 heterocycles. The number of carbonyl (C=O) groups is 2. The molecule has 0 saturated carbocycles. The summed E-state index contributed by atoms with van der Waals surface area (Å²) in [5.74, 6) is 0.703. The maximum Gasteiger partial charge on any atom is 0.242 e. The second-order valence-electron chi connectivity index (χ2n) is 10.1. The first kappa shape index (κ1) is 31.7. The topological polar surface area (TPSA) is 120 Å². The number of hydrogen-bond acceptors (Lipinski definition) is 6. The molecule has 0 aliphatic heterocycles. The number of aliphatic hydroxyl groups excluding tert-OH is 1. The van der Waals surface area contributed by atoms with Gasteiger partial charge in [0.25, 0.3) is 0 Å². The molecule has 0 aliphatic rings. The number of unbranched alkanes of at least 4 members (excludes halogenated alkanes) is 3. The van der Waals surface area contributed by atoms with Crippen LogP contribution in [0, 0.1) is 17.3 Å². The normalized spacial score (nSPS) is 12.6. The van der Waals surface area contributed by atoms with E-state index < -0.39 is 24.0 Å². The van der Waals surface area contributed by atoms with E-state index >= 15 is 0 Å². The average molecular weight is 509 g/mol. The molecule has 36 heavy (non-hydrogen) atoms. The van der Waals surface area contributed by atoms with Crippen LogP contribution in [0.5, 0.6) is 11.5 Å². The molecule has 4 N–H and O–H groups in total. The molecule has 206 valence electrons. The Hall–Kier alpha value is -2.32. The van der Waals surface area contributed by atoms with Gasteiger partial charge in [0.2, 0.25) is 11.8 Å². The highest BCUT2D eigenvalue weighted by Gasteiger charge is 2.44. The van der Waals surface area contributed by atoms with Gasteiger partial charge in [0, 0.05) is 20.1 Å². The number of nitrogens with two attached hydrogens (primary N) is 1. The van der Waals surface area contributed by atoms with E-state index in [9.17, 15) is 14.7 Å². The summed E-state index contributed by atoms with van der Waals surface area (Å²) in [5, 5.41) is 12.1. The van der Waals surface area contributed by atoms with Crippen molar-refractivity contribution in [1.82, 2.24) is 5.32 Å². The highest BCUT2D eigenvalue weighted by atomic mass is 16.5. The van der Waals surface area contributed by atoms with Crippen LogP contribution in [0.15, 0.2) is 18.2 Å². The molecule has 1 aromatic carbocycles. The summed E-state index contributed by atoms with van der Waals surface area (Å²) in [7, 11) is 3.32. The fraction of sp³-hybridized carbons (Fsp3) is 0.714. The number of aliphatic hydroxyl groups is 1. The second kappa shape index (κ2) is 16.4.